The Morgan fingerprint density at radius 2 is 1.81 bits per heavy atom. The molecule has 0 fully saturated rings. The van der Waals surface area contributed by atoms with E-state index >= 15 is 0 Å². The zero-order valence-electron chi connectivity index (χ0n) is 17.7. The van der Waals surface area contributed by atoms with Crippen molar-refractivity contribution >= 4 is 44.2 Å². The van der Waals surface area contributed by atoms with Crippen LogP contribution >= 0.6 is 11.3 Å². The molecule has 0 radical (unpaired) electrons. The number of thiazole rings is 1. The van der Waals surface area contributed by atoms with E-state index in [1.165, 1.54) is 18.4 Å². The topological polar surface area (TPSA) is 79.1 Å². The first kappa shape index (κ1) is 21.7. The van der Waals surface area contributed by atoms with Crippen molar-refractivity contribution in [2.45, 2.75) is 6.54 Å². The molecule has 0 spiro atoms. The molecule has 0 bridgehead atoms. The number of nitrogens with zero attached hydrogens (tertiary/aromatic N) is 2. The van der Waals surface area contributed by atoms with Crippen LogP contribution in [0.15, 0.2) is 65.7 Å². The fraction of sp³-hybridized carbons (Fsp3) is 0.208. The quantitative estimate of drug-likeness (QED) is 0.400. The van der Waals surface area contributed by atoms with Gasteiger partial charge in [-0.1, -0.05) is 41.7 Å². The second-order valence-corrected chi connectivity index (χ2v) is 8.02. The summed E-state index contributed by atoms with van der Waals surface area (Å²) in [4.78, 5) is 29.2. The standard InChI is InChI=1S/C24H22N2O5S/c1-29-12-11-26-20-10-8-18(23(28)30-2)14-21(20)32-24(26)25-22(27)15-31-19-9-7-16-5-3-4-6-17(16)13-19/h3-10,13-14H,11-12,15H2,1-2H3. The van der Waals surface area contributed by atoms with E-state index in [-0.39, 0.29) is 6.61 Å². The van der Waals surface area contributed by atoms with E-state index in [0.29, 0.717) is 29.3 Å². The first-order valence-corrected chi connectivity index (χ1v) is 10.8. The van der Waals surface area contributed by atoms with Crippen molar-refractivity contribution in [2.75, 3.05) is 27.4 Å². The van der Waals surface area contributed by atoms with Crippen LogP contribution in [0.4, 0.5) is 0 Å². The lowest BCUT2D eigenvalue weighted by Crippen LogP contribution is -2.21. The van der Waals surface area contributed by atoms with Crippen molar-refractivity contribution in [1.29, 1.82) is 0 Å². The van der Waals surface area contributed by atoms with Gasteiger partial charge in [0.25, 0.3) is 5.91 Å². The van der Waals surface area contributed by atoms with E-state index in [1.54, 1.807) is 19.2 Å². The molecular weight excluding hydrogens is 428 g/mol. The molecule has 4 aromatic rings. The molecule has 0 N–H and O–H groups in total. The predicted octanol–water partition coefficient (Wildman–Crippen LogP) is 3.80. The first-order chi connectivity index (χ1) is 15.6. The van der Waals surface area contributed by atoms with E-state index in [0.717, 1.165) is 21.0 Å². The molecular formula is C24H22N2O5S. The van der Waals surface area contributed by atoms with Gasteiger partial charge in [-0.2, -0.15) is 4.99 Å². The van der Waals surface area contributed by atoms with E-state index in [4.69, 9.17) is 14.2 Å². The maximum absolute atomic E-state index is 12.6. The summed E-state index contributed by atoms with van der Waals surface area (Å²) in [5, 5.41) is 2.14. The van der Waals surface area contributed by atoms with E-state index in [9.17, 15) is 9.59 Å². The number of carbonyl (C=O) groups is 2. The third-order valence-corrected chi connectivity index (χ3v) is 5.97. The van der Waals surface area contributed by atoms with E-state index in [1.807, 2.05) is 53.1 Å². The van der Waals surface area contributed by atoms with Crippen molar-refractivity contribution in [2.24, 2.45) is 4.99 Å². The number of ether oxygens (including phenoxy) is 3. The molecule has 1 aromatic heterocycles. The fourth-order valence-corrected chi connectivity index (χ4v) is 4.46. The monoisotopic (exact) mass is 450 g/mol. The largest absolute Gasteiger partial charge is 0.484 e. The Kier molecular flexibility index (Phi) is 6.63. The van der Waals surface area contributed by atoms with Gasteiger partial charge in [0.05, 0.1) is 29.5 Å². The molecule has 0 aliphatic carbocycles. The molecule has 1 heterocycles. The predicted molar refractivity (Wildman–Crippen MR) is 123 cm³/mol. The average Bonchev–Trinajstić information content (AvgIpc) is 3.16. The molecule has 0 atom stereocenters. The lowest BCUT2D eigenvalue weighted by atomic mass is 10.1. The molecule has 32 heavy (non-hydrogen) atoms. The van der Waals surface area contributed by atoms with Crippen LogP contribution in [0.5, 0.6) is 5.75 Å². The van der Waals surface area contributed by atoms with Crippen LogP contribution in [0.1, 0.15) is 10.4 Å². The number of benzene rings is 3. The van der Waals surface area contributed by atoms with Crippen molar-refractivity contribution in [3.05, 3.63) is 71.0 Å². The molecule has 4 rings (SSSR count). The minimum atomic E-state index is -0.415. The zero-order valence-corrected chi connectivity index (χ0v) is 18.6. The van der Waals surface area contributed by atoms with Crippen molar-refractivity contribution in [3.8, 4) is 5.75 Å². The van der Waals surface area contributed by atoms with Gasteiger partial charge in [0.2, 0.25) is 0 Å². The Balaban J connectivity index is 1.59. The Morgan fingerprint density at radius 3 is 2.59 bits per heavy atom. The molecule has 164 valence electrons. The highest BCUT2D eigenvalue weighted by atomic mass is 32.1. The SMILES string of the molecule is COCCn1c(=NC(=O)COc2ccc3ccccc3c2)sc2cc(C(=O)OC)ccc21. The molecule has 3 aromatic carbocycles. The molecule has 0 aliphatic rings. The second-order valence-electron chi connectivity index (χ2n) is 7.01. The van der Waals surface area contributed by atoms with Gasteiger partial charge in [0, 0.05) is 13.7 Å². The molecule has 7 nitrogen and oxygen atoms in total. The molecule has 0 unspecified atom stereocenters. The zero-order chi connectivity index (χ0) is 22.5. The van der Waals surface area contributed by atoms with Gasteiger partial charge in [-0.25, -0.2) is 4.79 Å². The number of hydrogen-bond acceptors (Lipinski definition) is 6. The number of rotatable bonds is 7. The van der Waals surface area contributed by atoms with Crippen LogP contribution in [0.3, 0.4) is 0 Å². The number of fused-ring (bicyclic) bond motifs is 2. The summed E-state index contributed by atoms with van der Waals surface area (Å²) in [6.45, 7) is 0.801. The lowest BCUT2D eigenvalue weighted by Gasteiger charge is -2.06. The van der Waals surface area contributed by atoms with Gasteiger partial charge in [-0.3, -0.25) is 4.79 Å². The number of methoxy groups -OCH3 is 2. The summed E-state index contributed by atoms with van der Waals surface area (Å²) in [5.74, 6) is -0.204. The third-order valence-electron chi connectivity index (χ3n) is 4.93. The number of hydrogen-bond donors (Lipinski definition) is 0. The number of carbonyl (C=O) groups excluding carboxylic acids is 2. The van der Waals surface area contributed by atoms with E-state index in [2.05, 4.69) is 4.99 Å². The summed E-state index contributed by atoms with van der Waals surface area (Å²) in [7, 11) is 2.96. The van der Waals surface area contributed by atoms with Gasteiger partial charge < -0.3 is 18.8 Å². The van der Waals surface area contributed by atoms with Gasteiger partial charge in [0.1, 0.15) is 5.75 Å². The fourth-order valence-electron chi connectivity index (χ4n) is 3.34. The Hall–Kier alpha value is -3.49. The smallest absolute Gasteiger partial charge is 0.337 e. The first-order valence-electron chi connectivity index (χ1n) is 9.99. The highest BCUT2D eigenvalue weighted by molar-refractivity contribution is 7.16. The number of amides is 1. The maximum atomic E-state index is 12.6. The van der Waals surface area contributed by atoms with Crippen molar-refractivity contribution in [3.63, 3.8) is 0 Å². The Labute approximate surface area is 188 Å². The molecule has 8 heteroatoms. The maximum Gasteiger partial charge on any atom is 0.337 e. The van der Waals surface area contributed by atoms with E-state index < -0.39 is 11.9 Å². The summed E-state index contributed by atoms with van der Waals surface area (Å²) >= 11 is 1.32. The average molecular weight is 451 g/mol. The van der Waals surface area contributed by atoms with Crippen LogP contribution in [-0.4, -0.2) is 43.9 Å². The van der Waals surface area contributed by atoms with Crippen molar-refractivity contribution in [1.82, 2.24) is 4.57 Å². The summed E-state index contributed by atoms with van der Waals surface area (Å²) < 4.78 is 18.4. The summed E-state index contributed by atoms with van der Waals surface area (Å²) in [5.41, 5.74) is 1.30. The summed E-state index contributed by atoms with van der Waals surface area (Å²) in [6, 6.07) is 18.9. The number of aromatic nitrogens is 1. The van der Waals surface area contributed by atoms with Crippen LogP contribution in [-0.2, 0) is 20.8 Å². The highest BCUT2D eigenvalue weighted by Gasteiger charge is 2.12. The van der Waals surface area contributed by atoms with Gasteiger partial charge in [-0.05, 0) is 41.1 Å². The highest BCUT2D eigenvalue weighted by Crippen LogP contribution is 2.21. The van der Waals surface area contributed by atoms with Gasteiger partial charge in [0.15, 0.2) is 11.4 Å². The van der Waals surface area contributed by atoms with Crippen LogP contribution < -0.4 is 9.54 Å². The minimum absolute atomic E-state index is 0.176. The van der Waals surface area contributed by atoms with Crippen LogP contribution in [0.25, 0.3) is 21.0 Å². The second kappa shape index (κ2) is 9.76. The molecule has 0 saturated heterocycles. The van der Waals surface area contributed by atoms with Gasteiger partial charge >= 0.3 is 5.97 Å². The third kappa shape index (κ3) is 4.71. The molecule has 0 saturated carbocycles. The molecule has 1 amide bonds. The lowest BCUT2D eigenvalue weighted by molar-refractivity contribution is -0.120. The Bertz CT molecular complexity index is 1360. The van der Waals surface area contributed by atoms with Crippen LogP contribution in [0, 0.1) is 0 Å². The molecule has 0 aliphatic heterocycles. The van der Waals surface area contributed by atoms with Crippen molar-refractivity contribution < 1.29 is 23.8 Å². The Morgan fingerprint density at radius 1 is 1.00 bits per heavy atom. The number of esters is 1. The van der Waals surface area contributed by atoms with Gasteiger partial charge in [-0.15, -0.1) is 0 Å². The van der Waals surface area contributed by atoms with Crippen LogP contribution in [0.2, 0.25) is 0 Å². The summed E-state index contributed by atoms with van der Waals surface area (Å²) in [6.07, 6.45) is 0. The minimum Gasteiger partial charge on any atom is -0.484 e. The normalized spacial score (nSPS) is 11.8.